The Morgan fingerprint density at radius 3 is 2.19 bits per heavy atom. The number of nitrogens with one attached hydrogen (secondary N) is 4. The number of fused-ring (bicyclic) bond motifs is 3. The van der Waals surface area contributed by atoms with Gasteiger partial charge >= 0.3 is 0 Å². The third-order valence-electron chi connectivity index (χ3n) is 20.4. The molecule has 13 rings (SSSR count). The number of primary amides is 1. The van der Waals surface area contributed by atoms with Crippen molar-refractivity contribution >= 4 is 101 Å². The fraction of sp³-hybridized carbons (Fsp3) is 0.380. The van der Waals surface area contributed by atoms with Gasteiger partial charge in [-0.05, 0) is 200 Å². The molecule has 4 aliphatic rings. The van der Waals surface area contributed by atoms with Crippen LogP contribution in [0.3, 0.4) is 0 Å². The molecule has 1 amide bonds. The van der Waals surface area contributed by atoms with E-state index in [2.05, 4.69) is 71.4 Å². The third kappa shape index (κ3) is 19.0. The number of piperidine rings is 2. The van der Waals surface area contributed by atoms with Gasteiger partial charge in [-0.2, -0.15) is 10.2 Å². The van der Waals surface area contributed by atoms with E-state index in [-0.39, 0.29) is 36.2 Å². The maximum atomic E-state index is 13.4. The van der Waals surface area contributed by atoms with Crippen molar-refractivity contribution in [1.82, 2.24) is 38.8 Å². The van der Waals surface area contributed by atoms with Crippen LogP contribution < -0.4 is 37.6 Å². The molecule has 2 atom stereocenters. The van der Waals surface area contributed by atoms with Crippen LogP contribution in [-0.4, -0.2) is 151 Å². The number of ether oxygens (including phenoxy) is 2. The quantitative estimate of drug-likeness (QED) is 0.0128. The summed E-state index contributed by atoms with van der Waals surface area (Å²) in [6.45, 7) is 21.8. The summed E-state index contributed by atoms with van der Waals surface area (Å²) in [6.07, 6.45) is 10.9. The molecule has 2 aliphatic carbocycles. The second kappa shape index (κ2) is 34.3. The molecule has 10 N–H and O–H groups in total. The Labute approximate surface area is 625 Å². The van der Waals surface area contributed by atoms with E-state index < -0.39 is 32.4 Å². The van der Waals surface area contributed by atoms with Crippen LogP contribution in [-0.2, 0) is 19.6 Å². The highest BCUT2D eigenvalue weighted by Gasteiger charge is 2.66. The number of para-hydroxylation sites is 2. The van der Waals surface area contributed by atoms with Crippen LogP contribution in [0.25, 0.3) is 33.8 Å². The van der Waals surface area contributed by atoms with Gasteiger partial charge in [-0.25, -0.2) is 17.7 Å². The first-order valence-electron chi connectivity index (χ1n) is 35.3. The number of nitrogens with zero attached hydrogens (tertiary/aromatic N) is 9. The van der Waals surface area contributed by atoms with Crippen molar-refractivity contribution in [2.45, 2.75) is 117 Å². The van der Waals surface area contributed by atoms with E-state index in [0.29, 0.717) is 69.6 Å². The van der Waals surface area contributed by atoms with Crippen molar-refractivity contribution < 1.29 is 37.8 Å². The number of sulfonamides is 1. The molecule has 105 heavy (non-hydrogen) atoms. The zero-order valence-corrected chi connectivity index (χ0v) is 63.7. The Morgan fingerprint density at radius 2 is 1.52 bits per heavy atom. The lowest BCUT2D eigenvalue weighted by molar-refractivity contribution is -0.249. The Hall–Kier alpha value is -9.31. The first-order valence-corrected chi connectivity index (χ1v) is 38.1. The van der Waals surface area contributed by atoms with Crippen LogP contribution in [0.2, 0.25) is 5.02 Å². The number of methoxy groups -OCH3 is 1. The van der Waals surface area contributed by atoms with Gasteiger partial charge in [0.25, 0.3) is 0 Å². The van der Waals surface area contributed by atoms with Crippen LogP contribution in [0.5, 0.6) is 5.75 Å². The minimum Gasteiger partial charge on any atom is -0.497 e. The number of ketones is 1. The Morgan fingerprint density at radius 1 is 0.819 bits per heavy atom. The first kappa shape index (κ1) is 78.3. The minimum atomic E-state index is -3.60. The van der Waals surface area contributed by atoms with Crippen molar-refractivity contribution in [2.75, 3.05) is 86.4 Å². The number of carbonyl (C=O) groups excluding carboxylic acids is 2. The minimum absolute atomic E-state index is 0.0401. The lowest BCUT2D eigenvalue weighted by Crippen LogP contribution is -2.63. The maximum absolute atomic E-state index is 13.4. The molecule has 2 bridgehead atoms. The van der Waals surface area contributed by atoms with Gasteiger partial charge in [0, 0.05) is 83.9 Å². The summed E-state index contributed by atoms with van der Waals surface area (Å²) in [5, 5.41) is 45.2. The van der Waals surface area contributed by atoms with Crippen molar-refractivity contribution in [3.63, 3.8) is 0 Å². The number of amides is 1. The fourth-order valence-corrected chi connectivity index (χ4v) is 17.4. The van der Waals surface area contributed by atoms with E-state index in [0.717, 1.165) is 100 Å². The second-order valence-corrected chi connectivity index (χ2v) is 32.1. The Kier molecular flexibility index (Phi) is 25.6. The lowest BCUT2D eigenvalue weighted by Gasteiger charge is -2.53. The van der Waals surface area contributed by atoms with Crippen LogP contribution in [0, 0.1) is 16.7 Å². The van der Waals surface area contributed by atoms with Gasteiger partial charge in [0.15, 0.2) is 0 Å². The van der Waals surface area contributed by atoms with Gasteiger partial charge < -0.3 is 52.1 Å². The standard InChI is InChI=1S/C29H33N5O3.C20H36N2O4S.C15H13ClN6S.C15H16N2O/c30-28(36)23-8-4-6-21(18-23)24-10-11-26-32-27(22-7-5-9-25(19-22)37-17-16-35)29(34(26)20-24)31-12-15-33-13-2-1-3-14-33;1-17(2)11-15(12-18(3,4)22(17)24)21(7)27(25,26)13-20-9-8-14(10-16(20)23)19(20,5)6;1-10(12-7-4-5-9-17-12)19-21-15-22-20-14(23-15)18-13-8-3-2-6-11(13)16;1-11(18-2)12-8-9-15(14(16)10-12)17-13-6-4-3-5-7-13/h4-11,18-20,31,35H,1-3,12-17H2,(H2,30,36);14-15,24H,8-13H2,1-7H3;2-9H,1H3,(H,18,20)(H,21,22);3-10,17H,1,16H2,2H3/b;;19-10-;. The van der Waals surface area contributed by atoms with Crippen molar-refractivity contribution in [3.05, 3.63) is 192 Å². The molecular weight excluding hydrogens is 1390 g/mol. The molecule has 2 unspecified atom stereocenters. The van der Waals surface area contributed by atoms with E-state index in [1.165, 1.54) is 40.0 Å². The summed E-state index contributed by atoms with van der Waals surface area (Å²) < 4.78 is 41.1. The second-order valence-electron chi connectivity index (χ2n) is 28.7. The number of pyridine rings is 2. The van der Waals surface area contributed by atoms with Gasteiger partial charge in [-0.1, -0.05) is 110 Å². The number of carbonyl (C=O) groups is 2. The maximum Gasteiger partial charge on any atom is 0.248 e. The molecule has 9 aromatic rings. The predicted octanol–water partition coefficient (Wildman–Crippen LogP) is 14.9. The van der Waals surface area contributed by atoms with Gasteiger partial charge in [0.1, 0.15) is 41.1 Å². The number of nitrogen functional groups attached to an aromatic ring is 1. The number of likely N-dealkylation sites (tertiary alicyclic amines) is 1. The molecule has 556 valence electrons. The SMILES string of the molecule is C/C(=N/Nc1nnc(Nc2ccccc2Cl)s1)c1ccccn1.C=C(OC)c1ccc(Nc2ccccc2)c(N)c1.CN(C1CC(C)(C)N(O)C(C)(C)C1)S(=O)(=O)CC12CCC(CC1=O)C2(C)C.NC(=O)c1cccc(-c2ccc3nc(-c4cccc(OCCO)c4)c(NCCN4CCCCC4)n3c2)c1. The normalized spacial score (nSPS) is 18.4. The summed E-state index contributed by atoms with van der Waals surface area (Å²) in [7, 11) is -0.357. The van der Waals surface area contributed by atoms with Gasteiger partial charge in [-0.15, -0.1) is 10.2 Å². The summed E-state index contributed by atoms with van der Waals surface area (Å²) in [6, 6.07) is 47.6. The summed E-state index contributed by atoms with van der Waals surface area (Å²) in [5.74, 6) is 2.10. The largest absolute Gasteiger partial charge is 0.497 e. The van der Waals surface area contributed by atoms with Crippen molar-refractivity contribution in [1.29, 1.82) is 0 Å². The number of imidazole rings is 1. The molecule has 0 radical (unpaired) electrons. The van der Waals surface area contributed by atoms with Gasteiger partial charge in [0.05, 0.1) is 53.0 Å². The molecule has 26 heteroatoms. The zero-order chi connectivity index (χ0) is 75.3. The third-order valence-corrected chi connectivity index (χ3v) is 23.5. The summed E-state index contributed by atoms with van der Waals surface area (Å²) in [4.78, 5) is 36.2. The number of hydrazone groups is 1. The lowest BCUT2D eigenvalue weighted by atomic mass is 9.70. The molecule has 5 aromatic carbocycles. The van der Waals surface area contributed by atoms with E-state index >= 15 is 0 Å². The highest BCUT2D eigenvalue weighted by molar-refractivity contribution is 7.89. The molecule has 23 nitrogen and oxygen atoms in total. The van der Waals surface area contributed by atoms with E-state index in [4.69, 9.17) is 42.6 Å². The molecule has 4 aromatic heterocycles. The molecule has 2 saturated heterocycles. The highest BCUT2D eigenvalue weighted by atomic mass is 35.5. The van der Waals surface area contributed by atoms with Crippen LogP contribution in [0.15, 0.2) is 176 Å². The van der Waals surface area contributed by atoms with E-state index in [9.17, 15) is 23.2 Å². The van der Waals surface area contributed by atoms with Crippen LogP contribution in [0.1, 0.15) is 121 Å². The number of aliphatic hydroxyl groups is 1. The van der Waals surface area contributed by atoms with Crippen molar-refractivity contribution in [3.8, 4) is 28.1 Å². The number of anilines is 7. The zero-order valence-electron chi connectivity index (χ0n) is 61.3. The Balaban J connectivity index is 0.000000155. The molecular formula is C79H98ClN15O8S2. The topological polar surface area (TPSA) is 305 Å². The van der Waals surface area contributed by atoms with E-state index in [1.54, 1.807) is 26.4 Å². The summed E-state index contributed by atoms with van der Waals surface area (Å²) >= 11 is 7.44. The molecule has 0 spiro atoms. The average molecular weight is 1490 g/mol. The first-order chi connectivity index (χ1) is 50.1. The molecule has 2 aliphatic heterocycles. The number of nitrogens with two attached hydrogens (primary N) is 2. The number of rotatable bonds is 23. The van der Waals surface area contributed by atoms with Gasteiger partial charge in [-0.3, -0.25) is 24.4 Å². The number of hydroxylamine groups is 2. The monoisotopic (exact) mass is 1480 g/mol. The fourth-order valence-electron chi connectivity index (χ4n) is 14.5. The number of hydrogen-bond acceptors (Lipinski definition) is 21. The predicted molar refractivity (Wildman–Crippen MR) is 422 cm³/mol. The van der Waals surface area contributed by atoms with E-state index in [1.807, 2.05) is 186 Å². The number of aliphatic hydroxyl groups excluding tert-OH is 1. The number of halogens is 1. The van der Waals surface area contributed by atoms with Crippen molar-refractivity contribution in [2.24, 2.45) is 27.6 Å². The van der Waals surface area contributed by atoms with Crippen LogP contribution in [0.4, 0.5) is 38.8 Å². The van der Waals surface area contributed by atoms with Gasteiger partial charge in [0.2, 0.25) is 26.2 Å². The number of Topliss-reactive ketones (excluding diaryl/α,β-unsaturated/α-hetero) is 1. The molecule has 2 saturated carbocycles. The highest BCUT2D eigenvalue weighted by Crippen LogP contribution is 2.64. The Bertz CT molecular complexity index is 4610. The smallest absolute Gasteiger partial charge is 0.248 e. The van der Waals surface area contributed by atoms with Crippen LogP contribution >= 0.6 is 22.9 Å². The molecule has 4 fully saturated rings. The number of aromatic nitrogens is 5. The number of hydrogen-bond donors (Lipinski definition) is 8. The number of benzene rings is 5. The summed E-state index contributed by atoms with van der Waals surface area (Å²) in [5.41, 5.74) is 23.0. The average Bonchev–Trinajstić information content (AvgIpc) is 1.55. The molecule has 6 heterocycles.